The first-order valence-electron chi connectivity index (χ1n) is 10.7. The van der Waals surface area contributed by atoms with E-state index in [4.69, 9.17) is 0 Å². The minimum absolute atomic E-state index is 0.141. The number of anilines is 1. The summed E-state index contributed by atoms with van der Waals surface area (Å²) in [7, 11) is -3.45. The van der Waals surface area contributed by atoms with Crippen LogP contribution in [0.25, 0.3) is 0 Å². The van der Waals surface area contributed by atoms with Gasteiger partial charge in [0, 0.05) is 44.0 Å². The van der Waals surface area contributed by atoms with Crippen LogP contribution in [0, 0.1) is 6.92 Å². The molecule has 0 aliphatic carbocycles. The van der Waals surface area contributed by atoms with Gasteiger partial charge in [-0.1, -0.05) is 48.0 Å². The molecule has 3 aromatic rings. The molecule has 0 unspecified atom stereocenters. The van der Waals surface area contributed by atoms with E-state index in [1.807, 2.05) is 73.7 Å². The molecule has 4 rings (SSSR count). The van der Waals surface area contributed by atoms with Gasteiger partial charge in [-0.05, 0) is 48.9 Å². The average Bonchev–Trinajstić information content (AvgIpc) is 2.81. The maximum atomic E-state index is 12.9. The number of amides is 1. The molecule has 0 radical (unpaired) electrons. The monoisotopic (exact) mass is 449 g/mol. The molecule has 32 heavy (non-hydrogen) atoms. The molecule has 166 valence electrons. The Morgan fingerprint density at radius 3 is 2.09 bits per heavy atom. The maximum Gasteiger partial charge on any atom is 0.255 e. The second-order valence-corrected chi connectivity index (χ2v) is 9.95. The molecule has 1 saturated heterocycles. The van der Waals surface area contributed by atoms with Crippen LogP contribution in [0.2, 0.25) is 0 Å². The van der Waals surface area contributed by atoms with Gasteiger partial charge >= 0.3 is 0 Å². The minimum Gasteiger partial charge on any atom is -0.322 e. The number of aryl methyl sites for hydroxylation is 1. The van der Waals surface area contributed by atoms with Gasteiger partial charge in [-0.2, -0.15) is 4.31 Å². The number of benzene rings is 3. The van der Waals surface area contributed by atoms with E-state index < -0.39 is 10.0 Å². The van der Waals surface area contributed by atoms with Crippen LogP contribution >= 0.6 is 0 Å². The van der Waals surface area contributed by atoms with E-state index in [1.54, 1.807) is 16.4 Å². The number of nitrogens with one attached hydrogen (secondary N) is 1. The van der Waals surface area contributed by atoms with E-state index in [-0.39, 0.29) is 5.91 Å². The Kier molecular flexibility index (Phi) is 6.69. The highest BCUT2D eigenvalue weighted by Crippen LogP contribution is 2.19. The summed E-state index contributed by atoms with van der Waals surface area (Å²) in [4.78, 5) is 15.0. The predicted octanol–water partition coefficient (Wildman–Crippen LogP) is 3.75. The van der Waals surface area contributed by atoms with Crippen LogP contribution in [0.4, 0.5) is 5.69 Å². The lowest BCUT2D eigenvalue weighted by atomic mass is 10.1. The Morgan fingerprint density at radius 1 is 0.844 bits per heavy atom. The lowest BCUT2D eigenvalue weighted by Crippen LogP contribution is -2.48. The molecule has 0 spiro atoms. The summed E-state index contributed by atoms with van der Waals surface area (Å²) in [5, 5.41) is 2.88. The quantitative estimate of drug-likeness (QED) is 0.622. The molecule has 1 aliphatic rings. The zero-order valence-electron chi connectivity index (χ0n) is 18.1. The fourth-order valence-electron chi connectivity index (χ4n) is 3.73. The number of para-hydroxylation sites is 1. The molecule has 1 amide bonds. The van der Waals surface area contributed by atoms with Gasteiger partial charge < -0.3 is 5.32 Å². The Balaban J connectivity index is 1.31. The van der Waals surface area contributed by atoms with Gasteiger partial charge in [0.15, 0.2) is 0 Å². The van der Waals surface area contributed by atoms with Crippen LogP contribution in [0.3, 0.4) is 0 Å². The van der Waals surface area contributed by atoms with Crippen molar-refractivity contribution >= 4 is 21.6 Å². The standard InChI is InChI=1S/C25H27N3O3S/c1-20-7-13-24(14-8-20)32(30,31)28-17-15-27(16-18-28)19-21-9-11-22(12-10-21)25(29)26-23-5-3-2-4-6-23/h2-14H,15-19H2,1H3,(H,26,29). The van der Waals surface area contributed by atoms with Crippen LogP contribution in [0.15, 0.2) is 83.8 Å². The van der Waals surface area contributed by atoms with Gasteiger partial charge in [-0.25, -0.2) is 8.42 Å². The Morgan fingerprint density at radius 2 is 1.47 bits per heavy atom. The van der Waals surface area contributed by atoms with Crippen LogP contribution in [-0.2, 0) is 16.6 Å². The third-order valence-electron chi connectivity index (χ3n) is 5.64. The zero-order chi connectivity index (χ0) is 22.6. The number of carbonyl (C=O) groups is 1. The normalized spacial score (nSPS) is 15.4. The summed E-state index contributed by atoms with van der Waals surface area (Å²) in [6.45, 7) is 4.93. The summed E-state index contributed by atoms with van der Waals surface area (Å²) < 4.78 is 27.3. The topological polar surface area (TPSA) is 69.7 Å². The van der Waals surface area contributed by atoms with Crippen LogP contribution < -0.4 is 5.32 Å². The molecule has 1 fully saturated rings. The Labute approximate surface area is 189 Å². The smallest absolute Gasteiger partial charge is 0.255 e. The first kappa shape index (κ1) is 22.2. The Hall–Kier alpha value is -3.00. The minimum atomic E-state index is -3.45. The highest BCUT2D eigenvalue weighted by molar-refractivity contribution is 7.89. The zero-order valence-corrected chi connectivity index (χ0v) is 18.9. The Bertz CT molecular complexity index is 1150. The van der Waals surface area contributed by atoms with Crippen molar-refractivity contribution in [3.8, 4) is 0 Å². The van der Waals surface area contributed by atoms with E-state index >= 15 is 0 Å². The SMILES string of the molecule is Cc1ccc(S(=O)(=O)N2CCN(Cc3ccc(C(=O)Nc4ccccc4)cc3)CC2)cc1. The van der Waals surface area contributed by atoms with Gasteiger partial charge in [-0.15, -0.1) is 0 Å². The molecule has 6 nitrogen and oxygen atoms in total. The number of hydrogen-bond donors (Lipinski definition) is 1. The lowest BCUT2D eigenvalue weighted by molar-refractivity contribution is 0.102. The number of rotatable bonds is 6. The number of sulfonamides is 1. The summed E-state index contributed by atoms with van der Waals surface area (Å²) in [5.41, 5.74) is 3.50. The van der Waals surface area contributed by atoms with E-state index in [9.17, 15) is 13.2 Å². The molecule has 7 heteroatoms. The third-order valence-corrected chi connectivity index (χ3v) is 7.56. The number of nitrogens with zero attached hydrogens (tertiary/aromatic N) is 2. The molecule has 0 aromatic heterocycles. The van der Waals surface area contributed by atoms with E-state index in [1.165, 1.54) is 0 Å². The maximum absolute atomic E-state index is 12.9. The van der Waals surface area contributed by atoms with Crippen molar-refractivity contribution in [2.24, 2.45) is 0 Å². The molecule has 0 saturated carbocycles. The second-order valence-electron chi connectivity index (χ2n) is 8.01. The largest absolute Gasteiger partial charge is 0.322 e. The predicted molar refractivity (Wildman–Crippen MR) is 126 cm³/mol. The van der Waals surface area contributed by atoms with Crippen molar-refractivity contribution < 1.29 is 13.2 Å². The first-order valence-corrected chi connectivity index (χ1v) is 12.1. The first-order chi connectivity index (χ1) is 15.4. The molecule has 1 N–H and O–H groups in total. The summed E-state index contributed by atoms with van der Waals surface area (Å²) in [5.74, 6) is -0.141. The van der Waals surface area contributed by atoms with Crippen molar-refractivity contribution in [2.75, 3.05) is 31.5 Å². The molecule has 1 heterocycles. The summed E-state index contributed by atoms with van der Waals surface area (Å²) in [6.07, 6.45) is 0. The van der Waals surface area contributed by atoms with E-state index in [0.717, 1.165) is 23.4 Å². The van der Waals surface area contributed by atoms with Gasteiger partial charge in [0.25, 0.3) is 5.91 Å². The summed E-state index contributed by atoms with van der Waals surface area (Å²) in [6, 6.07) is 23.9. The molecule has 1 aliphatic heterocycles. The van der Waals surface area contributed by atoms with Gasteiger partial charge in [0.05, 0.1) is 4.90 Å². The highest BCUT2D eigenvalue weighted by atomic mass is 32.2. The summed E-state index contributed by atoms with van der Waals surface area (Å²) >= 11 is 0. The second kappa shape index (κ2) is 9.65. The van der Waals surface area contributed by atoms with Crippen LogP contribution in [-0.4, -0.2) is 49.7 Å². The molecule has 0 atom stereocenters. The van der Waals surface area contributed by atoms with Crippen molar-refractivity contribution in [2.45, 2.75) is 18.4 Å². The fourth-order valence-corrected chi connectivity index (χ4v) is 5.15. The van der Waals surface area contributed by atoms with Gasteiger partial charge in [-0.3, -0.25) is 9.69 Å². The van der Waals surface area contributed by atoms with E-state index in [2.05, 4.69) is 10.2 Å². The lowest BCUT2D eigenvalue weighted by Gasteiger charge is -2.34. The molecular formula is C25H27N3O3S. The molecule has 0 bridgehead atoms. The number of piperazine rings is 1. The number of hydrogen-bond acceptors (Lipinski definition) is 4. The van der Waals surface area contributed by atoms with Gasteiger partial charge in [0.1, 0.15) is 0 Å². The fraction of sp³-hybridized carbons (Fsp3) is 0.240. The van der Waals surface area contributed by atoms with Crippen LogP contribution in [0.1, 0.15) is 21.5 Å². The van der Waals surface area contributed by atoms with Crippen molar-refractivity contribution in [1.29, 1.82) is 0 Å². The highest BCUT2D eigenvalue weighted by Gasteiger charge is 2.28. The third kappa shape index (κ3) is 5.24. The average molecular weight is 450 g/mol. The van der Waals surface area contributed by atoms with Crippen molar-refractivity contribution in [1.82, 2.24) is 9.21 Å². The van der Waals surface area contributed by atoms with Crippen LogP contribution in [0.5, 0.6) is 0 Å². The van der Waals surface area contributed by atoms with E-state index in [0.29, 0.717) is 36.6 Å². The number of carbonyl (C=O) groups excluding carboxylic acids is 1. The van der Waals surface area contributed by atoms with Crippen molar-refractivity contribution in [3.63, 3.8) is 0 Å². The molecule has 3 aromatic carbocycles. The van der Waals surface area contributed by atoms with Gasteiger partial charge in [0.2, 0.25) is 10.0 Å². The molecular weight excluding hydrogens is 422 g/mol. The van der Waals surface area contributed by atoms with Crippen molar-refractivity contribution in [3.05, 3.63) is 95.6 Å².